The molecule has 1 unspecified atom stereocenters. The zero-order valence-electron chi connectivity index (χ0n) is 12.4. The fourth-order valence-corrected chi connectivity index (χ4v) is 2.07. The van der Waals surface area contributed by atoms with Crippen LogP contribution in [0.4, 0.5) is 0 Å². The van der Waals surface area contributed by atoms with Gasteiger partial charge in [-0.1, -0.05) is 33.1 Å². The molecule has 1 atom stereocenters. The molecule has 0 aliphatic carbocycles. The van der Waals surface area contributed by atoms with E-state index in [4.69, 9.17) is 9.47 Å². The van der Waals surface area contributed by atoms with Gasteiger partial charge in [-0.25, -0.2) is 0 Å². The van der Waals surface area contributed by atoms with Crippen molar-refractivity contribution in [1.29, 1.82) is 0 Å². The predicted molar refractivity (Wildman–Crippen MR) is 77.2 cm³/mol. The third-order valence-corrected chi connectivity index (χ3v) is 3.32. The summed E-state index contributed by atoms with van der Waals surface area (Å²) in [6.07, 6.45) is 4.39. The normalized spacial score (nSPS) is 12.0. The highest BCUT2D eigenvalue weighted by Gasteiger charge is 2.16. The number of carbonyl (C=O) groups is 1. The summed E-state index contributed by atoms with van der Waals surface area (Å²) in [6.45, 7) is 4.16. The molecular weight excluding hydrogens is 240 g/mol. The summed E-state index contributed by atoms with van der Waals surface area (Å²) < 4.78 is 10.4. The smallest absolute Gasteiger partial charge is 0.165 e. The lowest BCUT2D eigenvalue weighted by Gasteiger charge is -2.12. The van der Waals surface area contributed by atoms with Crippen LogP contribution in [0.25, 0.3) is 0 Å². The molecule has 0 saturated heterocycles. The molecule has 1 aromatic rings. The van der Waals surface area contributed by atoms with Gasteiger partial charge in [0.2, 0.25) is 0 Å². The van der Waals surface area contributed by atoms with E-state index in [1.807, 2.05) is 6.92 Å². The number of benzene rings is 1. The maximum absolute atomic E-state index is 12.4. The summed E-state index contributed by atoms with van der Waals surface area (Å²) in [6, 6.07) is 5.33. The van der Waals surface area contributed by atoms with Gasteiger partial charge in [0.1, 0.15) is 11.5 Å². The second-order valence-electron chi connectivity index (χ2n) is 4.86. The second-order valence-corrected chi connectivity index (χ2v) is 4.86. The van der Waals surface area contributed by atoms with E-state index in [9.17, 15) is 4.79 Å². The molecule has 0 fully saturated rings. The van der Waals surface area contributed by atoms with Gasteiger partial charge in [0.25, 0.3) is 0 Å². The number of ketones is 1. The molecule has 3 heteroatoms. The highest BCUT2D eigenvalue weighted by atomic mass is 16.5. The Hall–Kier alpha value is -1.51. The van der Waals surface area contributed by atoms with Crippen molar-refractivity contribution in [3.8, 4) is 11.5 Å². The Morgan fingerprint density at radius 3 is 2.16 bits per heavy atom. The number of unbranched alkanes of at least 4 members (excludes halogenated alkanes) is 2. The van der Waals surface area contributed by atoms with E-state index in [1.165, 1.54) is 12.8 Å². The minimum Gasteiger partial charge on any atom is -0.497 e. The number of carbonyl (C=O) groups excluding carboxylic acids is 1. The van der Waals surface area contributed by atoms with E-state index in [0.717, 1.165) is 12.8 Å². The minimum absolute atomic E-state index is 0.0448. The Labute approximate surface area is 115 Å². The number of Topliss-reactive ketones (excluding diaryl/α,β-unsaturated/α-hetero) is 1. The van der Waals surface area contributed by atoms with Crippen LogP contribution in [0, 0.1) is 5.92 Å². The van der Waals surface area contributed by atoms with Gasteiger partial charge in [-0.15, -0.1) is 0 Å². The first kappa shape index (κ1) is 15.5. The van der Waals surface area contributed by atoms with Crippen LogP contribution in [0.3, 0.4) is 0 Å². The molecule has 1 aromatic carbocycles. The molecule has 19 heavy (non-hydrogen) atoms. The summed E-state index contributed by atoms with van der Waals surface area (Å²) >= 11 is 0. The quantitative estimate of drug-likeness (QED) is 0.523. The largest absolute Gasteiger partial charge is 0.497 e. The fourth-order valence-electron chi connectivity index (χ4n) is 2.07. The van der Waals surface area contributed by atoms with Gasteiger partial charge in [0, 0.05) is 17.5 Å². The number of rotatable bonds is 8. The van der Waals surface area contributed by atoms with Crippen LogP contribution in [0.5, 0.6) is 11.5 Å². The highest BCUT2D eigenvalue weighted by Crippen LogP contribution is 2.25. The van der Waals surface area contributed by atoms with Crippen LogP contribution >= 0.6 is 0 Å². The lowest BCUT2D eigenvalue weighted by atomic mass is 9.94. The fraction of sp³-hybridized carbons (Fsp3) is 0.562. The van der Waals surface area contributed by atoms with Gasteiger partial charge in [0.05, 0.1) is 14.2 Å². The van der Waals surface area contributed by atoms with Crippen molar-refractivity contribution in [2.24, 2.45) is 5.92 Å². The topological polar surface area (TPSA) is 35.5 Å². The molecule has 3 nitrogen and oxygen atoms in total. The van der Waals surface area contributed by atoms with E-state index in [1.54, 1.807) is 32.4 Å². The Kier molecular flexibility index (Phi) is 6.40. The van der Waals surface area contributed by atoms with Crippen LogP contribution in [0.1, 0.15) is 49.9 Å². The molecular formula is C16H24O3. The van der Waals surface area contributed by atoms with E-state index in [2.05, 4.69) is 6.92 Å². The molecule has 0 aliphatic rings. The number of methoxy groups -OCH3 is 2. The zero-order chi connectivity index (χ0) is 14.3. The average Bonchev–Trinajstić information content (AvgIpc) is 2.45. The summed E-state index contributed by atoms with van der Waals surface area (Å²) in [5.74, 6) is 1.52. The maximum atomic E-state index is 12.4. The summed E-state index contributed by atoms with van der Waals surface area (Å²) in [5.41, 5.74) is 0.667. The van der Waals surface area contributed by atoms with Gasteiger partial charge in [0.15, 0.2) is 5.78 Å². The molecule has 1 rings (SSSR count). The first-order valence-electron chi connectivity index (χ1n) is 6.89. The number of hydrogen-bond donors (Lipinski definition) is 0. The highest BCUT2D eigenvalue weighted by molar-refractivity contribution is 5.98. The lowest BCUT2D eigenvalue weighted by molar-refractivity contribution is 0.0921. The van der Waals surface area contributed by atoms with Crippen molar-refractivity contribution in [3.63, 3.8) is 0 Å². The Balaban J connectivity index is 2.80. The molecule has 106 valence electrons. The van der Waals surface area contributed by atoms with Crippen LogP contribution in [-0.4, -0.2) is 20.0 Å². The molecule has 0 heterocycles. The van der Waals surface area contributed by atoms with Crippen molar-refractivity contribution < 1.29 is 14.3 Å². The van der Waals surface area contributed by atoms with Crippen molar-refractivity contribution in [2.75, 3.05) is 14.2 Å². The minimum atomic E-state index is 0.0448. The van der Waals surface area contributed by atoms with Gasteiger partial charge < -0.3 is 9.47 Å². The first-order valence-corrected chi connectivity index (χ1v) is 6.89. The third kappa shape index (κ3) is 4.58. The van der Waals surface area contributed by atoms with Crippen LogP contribution in [-0.2, 0) is 0 Å². The van der Waals surface area contributed by atoms with Crippen molar-refractivity contribution in [3.05, 3.63) is 23.8 Å². The van der Waals surface area contributed by atoms with E-state index < -0.39 is 0 Å². The predicted octanol–water partition coefficient (Wildman–Crippen LogP) is 4.10. The van der Waals surface area contributed by atoms with Crippen LogP contribution in [0.15, 0.2) is 18.2 Å². The van der Waals surface area contributed by atoms with Gasteiger partial charge in [-0.2, -0.15) is 0 Å². The van der Waals surface area contributed by atoms with E-state index >= 15 is 0 Å². The number of ether oxygens (including phenoxy) is 2. The monoisotopic (exact) mass is 264 g/mol. The molecule has 0 spiro atoms. The summed E-state index contributed by atoms with van der Waals surface area (Å²) in [7, 11) is 3.18. The van der Waals surface area contributed by atoms with Gasteiger partial charge >= 0.3 is 0 Å². The van der Waals surface area contributed by atoms with Crippen molar-refractivity contribution in [2.45, 2.75) is 39.5 Å². The molecule has 0 bridgehead atoms. The van der Waals surface area contributed by atoms with Gasteiger partial charge in [-0.3, -0.25) is 4.79 Å². The summed E-state index contributed by atoms with van der Waals surface area (Å²) in [4.78, 5) is 12.4. The zero-order valence-corrected chi connectivity index (χ0v) is 12.4. The number of hydrogen-bond acceptors (Lipinski definition) is 3. The molecule has 0 radical (unpaired) electrons. The molecule has 0 N–H and O–H groups in total. The van der Waals surface area contributed by atoms with Crippen LogP contribution < -0.4 is 9.47 Å². The first-order chi connectivity index (χ1) is 9.12. The van der Waals surface area contributed by atoms with E-state index in [-0.39, 0.29) is 11.7 Å². The lowest BCUT2D eigenvalue weighted by Crippen LogP contribution is -2.11. The van der Waals surface area contributed by atoms with E-state index in [0.29, 0.717) is 17.1 Å². The molecule has 0 aromatic heterocycles. The third-order valence-electron chi connectivity index (χ3n) is 3.32. The molecule has 0 saturated carbocycles. The van der Waals surface area contributed by atoms with Gasteiger partial charge in [-0.05, 0) is 18.6 Å². The molecule has 0 amide bonds. The van der Waals surface area contributed by atoms with Crippen molar-refractivity contribution >= 4 is 5.78 Å². The Bertz CT molecular complexity index is 390. The maximum Gasteiger partial charge on any atom is 0.165 e. The SMILES string of the molecule is CCCCCC(C)C(=O)c1cc(OC)cc(OC)c1. The van der Waals surface area contributed by atoms with Crippen molar-refractivity contribution in [1.82, 2.24) is 0 Å². The summed E-state index contributed by atoms with van der Waals surface area (Å²) in [5, 5.41) is 0. The second kappa shape index (κ2) is 7.82. The molecule has 0 aliphatic heterocycles. The average molecular weight is 264 g/mol. The standard InChI is InChI=1S/C16H24O3/c1-5-6-7-8-12(2)16(17)13-9-14(18-3)11-15(10-13)19-4/h9-12H,5-8H2,1-4H3. The van der Waals surface area contributed by atoms with Crippen LogP contribution in [0.2, 0.25) is 0 Å². The Morgan fingerprint density at radius 2 is 1.68 bits per heavy atom. The Morgan fingerprint density at radius 1 is 1.11 bits per heavy atom.